The van der Waals surface area contributed by atoms with Gasteiger partial charge in [-0.3, -0.25) is 4.57 Å². The van der Waals surface area contributed by atoms with Crippen LogP contribution < -0.4 is 4.90 Å². The summed E-state index contributed by atoms with van der Waals surface area (Å²) in [4.78, 5) is 7.60. The zero-order chi connectivity index (χ0) is 35.8. The largest absolute Gasteiger partial charge is 0.311 e. The van der Waals surface area contributed by atoms with Crippen molar-refractivity contribution in [2.45, 2.75) is 0 Å². The lowest BCUT2D eigenvalue weighted by molar-refractivity contribution is 1.10. The molecule has 0 radical (unpaired) electrons. The third-order valence-corrected chi connectivity index (χ3v) is 10.4. The van der Waals surface area contributed by atoms with Crippen molar-refractivity contribution >= 4 is 49.6 Å². The molecule has 0 bridgehead atoms. The Bertz CT molecular complexity index is 2890. The summed E-state index contributed by atoms with van der Waals surface area (Å²) in [6.45, 7) is 0. The molecule has 1 aromatic heterocycles. The molecule has 9 aromatic carbocycles. The molecule has 0 unspecified atom stereocenters. The third-order valence-electron chi connectivity index (χ3n) is 10.4. The molecule has 3 heteroatoms. The van der Waals surface area contributed by atoms with E-state index in [2.05, 4.69) is 222 Å². The highest BCUT2D eigenvalue weighted by atomic mass is 15.1. The van der Waals surface area contributed by atoms with E-state index in [-0.39, 0.29) is 0 Å². The van der Waals surface area contributed by atoms with Gasteiger partial charge in [0.05, 0.1) is 11.0 Å². The van der Waals surface area contributed by atoms with Crippen LogP contribution in [0.25, 0.3) is 71.9 Å². The van der Waals surface area contributed by atoms with E-state index in [1.807, 2.05) is 0 Å². The van der Waals surface area contributed by atoms with E-state index in [4.69, 9.17) is 4.98 Å². The Hall–Kier alpha value is -7.23. The lowest BCUT2D eigenvalue weighted by Gasteiger charge is -2.26. The van der Waals surface area contributed by atoms with E-state index in [0.29, 0.717) is 0 Å². The average Bonchev–Trinajstić information content (AvgIpc) is 3.62. The molecule has 0 saturated carbocycles. The fourth-order valence-electron chi connectivity index (χ4n) is 7.61. The lowest BCUT2D eigenvalue weighted by atomic mass is 10.0. The molecule has 0 aliphatic heterocycles. The number of rotatable bonds is 7. The smallest absolute Gasteiger partial charge is 0.145 e. The molecule has 0 atom stereocenters. The molecule has 0 fully saturated rings. The quantitative estimate of drug-likeness (QED) is 0.166. The number of hydrogen-bond donors (Lipinski definition) is 0. The highest BCUT2D eigenvalue weighted by Gasteiger charge is 2.18. The maximum atomic E-state index is 5.29. The maximum absolute atomic E-state index is 5.29. The number of hydrogen-bond acceptors (Lipinski definition) is 2. The highest BCUT2D eigenvalue weighted by Crippen LogP contribution is 2.38. The summed E-state index contributed by atoms with van der Waals surface area (Å²) < 4.78 is 2.30. The van der Waals surface area contributed by atoms with Gasteiger partial charge in [-0.05, 0) is 123 Å². The van der Waals surface area contributed by atoms with E-state index < -0.39 is 0 Å². The Morgan fingerprint density at radius 3 is 1.46 bits per heavy atom. The van der Waals surface area contributed by atoms with E-state index in [1.165, 1.54) is 43.8 Å². The number of benzene rings is 9. The van der Waals surface area contributed by atoms with Crippen LogP contribution in [0.15, 0.2) is 212 Å². The van der Waals surface area contributed by atoms with Crippen molar-refractivity contribution in [2.75, 3.05) is 4.90 Å². The van der Waals surface area contributed by atoms with Gasteiger partial charge in [0, 0.05) is 28.3 Å². The molecule has 0 aliphatic rings. The van der Waals surface area contributed by atoms with Crippen molar-refractivity contribution in [1.82, 2.24) is 9.55 Å². The normalized spacial score (nSPS) is 11.3. The molecule has 10 rings (SSSR count). The molecule has 0 spiro atoms. The number of fused-ring (bicyclic) bond motifs is 3. The van der Waals surface area contributed by atoms with Gasteiger partial charge in [-0.25, -0.2) is 4.98 Å². The second kappa shape index (κ2) is 13.4. The Balaban J connectivity index is 1.05. The standard InChI is InChI=1S/C51H35N3/c1-3-11-36(12-4-1)38-21-29-48(30-22-38)54-50-35-43-16-10-9-15-42(43)34-49(50)52-51(54)40-25-31-47(32-26-40)53(45-17-5-2-6-18-45)46-27-23-39(24-28-46)44-20-19-37-13-7-8-14-41(37)33-44/h1-35H. The molecule has 254 valence electrons. The number of anilines is 3. The van der Waals surface area contributed by atoms with Gasteiger partial charge < -0.3 is 4.90 Å². The van der Waals surface area contributed by atoms with Gasteiger partial charge in [-0.1, -0.05) is 133 Å². The topological polar surface area (TPSA) is 21.1 Å². The SMILES string of the molecule is c1ccc(-c2ccc(-n3c(-c4ccc(N(c5ccccc5)c5ccc(-c6ccc7ccccc7c6)cc5)cc4)nc4cc5ccccc5cc43)cc2)cc1. The molecule has 3 nitrogen and oxygen atoms in total. The molecule has 10 aromatic rings. The Morgan fingerprint density at radius 1 is 0.333 bits per heavy atom. The Labute approximate surface area is 314 Å². The first-order chi connectivity index (χ1) is 26.7. The van der Waals surface area contributed by atoms with Crippen LogP contribution in [-0.4, -0.2) is 9.55 Å². The zero-order valence-electron chi connectivity index (χ0n) is 29.5. The number of nitrogens with zero attached hydrogens (tertiary/aromatic N) is 3. The van der Waals surface area contributed by atoms with Gasteiger partial charge in [0.1, 0.15) is 5.82 Å². The van der Waals surface area contributed by atoms with E-state index in [1.54, 1.807) is 0 Å². The summed E-state index contributed by atoms with van der Waals surface area (Å²) in [5, 5.41) is 4.87. The van der Waals surface area contributed by atoms with Crippen LogP contribution in [0.5, 0.6) is 0 Å². The number of para-hydroxylation sites is 1. The summed E-state index contributed by atoms with van der Waals surface area (Å²) >= 11 is 0. The second-order valence-corrected chi connectivity index (χ2v) is 13.7. The predicted octanol–water partition coefficient (Wildman–Crippen LogP) is 13.8. The van der Waals surface area contributed by atoms with Crippen molar-refractivity contribution in [1.29, 1.82) is 0 Å². The second-order valence-electron chi connectivity index (χ2n) is 13.7. The molecule has 1 heterocycles. The molecule has 54 heavy (non-hydrogen) atoms. The van der Waals surface area contributed by atoms with Crippen molar-refractivity contribution in [3.8, 4) is 39.3 Å². The fraction of sp³-hybridized carbons (Fsp3) is 0. The fourth-order valence-corrected chi connectivity index (χ4v) is 7.61. The first-order valence-electron chi connectivity index (χ1n) is 18.4. The average molecular weight is 690 g/mol. The highest BCUT2D eigenvalue weighted by molar-refractivity contribution is 5.97. The van der Waals surface area contributed by atoms with Crippen LogP contribution in [0, 0.1) is 0 Å². The molecule has 0 aliphatic carbocycles. The van der Waals surface area contributed by atoms with Gasteiger partial charge in [0.2, 0.25) is 0 Å². The summed E-state index contributed by atoms with van der Waals surface area (Å²) in [5.41, 5.74) is 12.2. The van der Waals surface area contributed by atoms with Crippen LogP contribution in [0.1, 0.15) is 0 Å². The van der Waals surface area contributed by atoms with Gasteiger partial charge in [-0.2, -0.15) is 0 Å². The summed E-state index contributed by atoms with van der Waals surface area (Å²) in [5.74, 6) is 0.908. The van der Waals surface area contributed by atoms with Crippen LogP contribution in [0.2, 0.25) is 0 Å². The zero-order valence-corrected chi connectivity index (χ0v) is 29.5. The lowest BCUT2D eigenvalue weighted by Crippen LogP contribution is -2.09. The van der Waals surface area contributed by atoms with E-state index in [9.17, 15) is 0 Å². The van der Waals surface area contributed by atoms with Gasteiger partial charge >= 0.3 is 0 Å². The first kappa shape index (κ1) is 31.5. The molecule has 0 saturated heterocycles. The van der Waals surface area contributed by atoms with Crippen molar-refractivity contribution in [3.63, 3.8) is 0 Å². The maximum Gasteiger partial charge on any atom is 0.145 e. The monoisotopic (exact) mass is 689 g/mol. The summed E-state index contributed by atoms with van der Waals surface area (Å²) in [7, 11) is 0. The van der Waals surface area contributed by atoms with Gasteiger partial charge in [-0.15, -0.1) is 0 Å². The minimum atomic E-state index is 0.908. The molecule has 0 amide bonds. The van der Waals surface area contributed by atoms with Crippen molar-refractivity contribution < 1.29 is 0 Å². The summed E-state index contributed by atoms with van der Waals surface area (Å²) in [6.07, 6.45) is 0. The minimum absolute atomic E-state index is 0.908. The molecule has 0 N–H and O–H groups in total. The van der Waals surface area contributed by atoms with E-state index in [0.717, 1.165) is 45.2 Å². The number of imidazole rings is 1. The van der Waals surface area contributed by atoms with Crippen LogP contribution >= 0.6 is 0 Å². The summed E-state index contributed by atoms with van der Waals surface area (Å²) in [6, 6.07) is 75.8. The van der Waals surface area contributed by atoms with Gasteiger partial charge in [0.15, 0.2) is 0 Å². The predicted molar refractivity (Wildman–Crippen MR) is 227 cm³/mol. The van der Waals surface area contributed by atoms with Crippen LogP contribution in [-0.2, 0) is 0 Å². The Morgan fingerprint density at radius 2 is 0.796 bits per heavy atom. The molecular formula is C51H35N3. The van der Waals surface area contributed by atoms with Crippen molar-refractivity contribution in [2.24, 2.45) is 0 Å². The van der Waals surface area contributed by atoms with Gasteiger partial charge in [0.25, 0.3) is 0 Å². The number of aromatic nitrogens is 2. The van der Waals surface area contributed by atoms with E-state index >= 15 is 0 Å². The minimum Gasteiger partial charge on any atom is -0.311 e. The Kier molecular flexibility index (Phi) is 7.81. The third kappa shape index (κ3) is 5.78. The molecular weight excluding hydrogens is 655 g/mol. The van der Waals surface area contributed by atoms with Crippen LogP contribution in [0.4, 0.5) is 17.1 Å². The van der Waals surface area contributed by atoms with Crippen molar-refractivity contribution in [3.05, 3.63) is 212 Å². The van der Waals surface area contributed by atoms with Crippen LogP contribution in [0.3, 0.4) is 0 Å². The first-order valence-corrected chi connectivity index (χ1v) is 18.4.